The lowest BCUT2D eigenvalue weighted by molar-refractivity contribution is -0.174. The quantitative estimate of drug-likeness (QED) is 0.332. The number of nitrogens with zero attached hydrogens (tertiary/aromatic N) is 2. The van der Waals surface area contributed by atoms with E-state index in [-0.39, 0.29) is 30.3 Å². The van der Waals surface area contributed by atoms with Crippen molar-refractivity contribution in [3.8, 4) is 0 Å². The van der Waals surface area contributed by atoms with E-state index in [1.165, 1.54) is 43.3 Å². The first kappa shape index (κ1) is 25.5. The summed E-state index contributed by atoms with van der Waals surface area (Å²) in [7, 11) is 0. The molecule has 1 heterocycles. The first-order valence-corrected chi connectivity index (χ1v) is 10.5. The van der Waals surface area contributed by atoms with Gasteiger partial charge in [-0.25, -0.2) is 20.1 Å². The Hall–Kier alpha value is -3.15. The number of benzene rings is 2. The van der Waals surface area contributed by atoms with Crippen LogP contribution >= 0.6 is 11.6 Å². The summed E-state index contributed by atoms with van der Waals surface area (Å²) < 4.78 is 54.7. The van der Waals surface area contributed by atoms with Gasteiger partial charge in [0.15, 0.2) is 6.04 Å². The molecule has 2 aromatic carbocycles. The van der Waals surface area contributed by atoms with E-state index in [0.717, 1.165) is 11.2 Å². The van der Waals surface area contributed by atoms with Gasteiger partial charge in [0.1, 0.15) is 5.82 Å². The van der Waals surface area contributed by atoms with E-state index in [4.69, 9.17) is 16.4 Å². The minimum atomic E-state index is -4.72. The lowest BCUT2D eigenvalue weighted by atomic mass is 9.96. The topological polar surface area (TPSA) is 73.9 Å². The molecule has 2 N–H and O–H groups in total. The Labute approximate surface area is 197 Å². The fourth-order valence-corrected chi connectivity index (χ4v) is 3.54. The molecule has 2 aromatic rings. The van der Waals surface area contributed by atoms with Gasteiger partial charge in [-0.05, 0) is 28.8 Å². The lowest BCUT2D eigenvalue weighted by Gasteiger charge is -2.34. The first-order chi connectivity index (χ1) is 16.1. The van der Waals surface area contributed by atoms with Crippen LogP contribution in [0.2, 0.25) is 5.02 Å². The van der Waals surface area contributed by atoms with Gasteiger partial charge in [0.2, 0.25) is 5.91 Å². The van der Waals surface area contributed by atoms with Gasteiger partial charge in [-0.2, -0.15) is 13.2 Å². The van der Waals surface area contributed by atoms with Gasteiger partial charge in [-0.15, -0.1) is 0 Å². The van der Waals surface area contributed by atoms with E-state index >= 15 is 0 Å². The normalized spacial score (nSPS) is 15.1. The Kier molecular flexibility index (Phi) is 8.13. The van der Waals surface area contributed by atoms with Gasteiger partial charge >= 0.3 is 12.2 Å². The zero-order valence-corrected chi connectivity index (χ0v) is 18.7. The molecule has 0 fully saturated rings. The Bertz CT molecular complexity index is 1080. The third kappa shape index (κ3) is 6.04. The summed E-state index contributed by atoms with van der Waals surface area (Å²) in [5, 5.41) is 1.06. The van der Waals surface area contributed by atoms with E-state index in [1.807, 2.05) is 5.48 Å². The number of urea groups is 1. The second-order valence-electron chi connectivity index (χ2n) is 7.27. The summed E-state index contributed by atoms with van der Waals surface area (Å²) in [6.07, 6.45) is -2.28. The highest BCUT2D eigenvalue weighted by molar-refractivity contribution is 6.31. The number of halogens is 5. The molecule has 1 atom stereocenters. The molecule has 3 rings (SSSR count). The molecule has 1 aliphatic heterocycles. The first-order valence-electron chi connectivity index (χ1n) is 10.1. The molecule has 12 heteroatoms. The van der Waals surface area contributed by atoms with E-state index in [1.54, 1.807) is 12.1 Å². The van der Waals surface area contributed by atoms with Crippen molar-refractivity contribution in [2.45, 2.75) is 25.7 Å². The van der Waals surface area contributed by atoms with Crippen molar-refractivity contribution in [1.82, 2.24) is 20.8 Å². The summed E-state index contributed by atoms with van der Waals surface area (Å²) >= 11 is 5.89. The maximum atomic E-state index is 13.7. The lowest BCUT2D eigenvalue weighted by Crippen LogP contribution is -2.47. The molecule has 7 nitrogen and oxygen atoms in total. The molecule has 0 saturated heterocycles. The third-order valence-electron chi connectivity index (χ3n) is 4.98. The molecular weight excluding hydrogens is 480 g/mol. The Morgan fingerprint density at radius 3 is 2.62 bits per heavy atom. The van der Waals surface area contributed by atoms with E-state index in [0.29, 0.717) is 16.0 Å². The smallest absolute Gasteiger partial charge is 0.283 e. The highest BCUT2D eigenvalue weighted by Crippen LogP contribution is 2.42. The van der Waals surface area contributed by atoms with Crippen LogP contribution in [0.5, 0.6) is 0 Å². The summed E-state index contributed by atoms with van der Waals surface area (Å²) in [6, 6.07) is 6.84. The second-order valence-corrected chi connectivity index (χ2v) is 7.65. The minimum absolute atomic E-state index is 0.0355. The van der Waals surface area contributed by atoms with Gasteiger partial charge in [0.05, 0.1) is 18.2 Å². The minimum Gasteiger partial charge on any atom is -0.283 e. The van der Waals surface area contributed by atoms with Crippen LogP contribution in [0.15, 0.2) is 48.7 Å². The van der Waals surface area contributed by atoms with Crippen molar-refractivity contribution in [2.75, 3.05) is 13.2 Å². The average Bonchev–Trinajstić information content (AvgIpc) is 2.79. The van der Waals surface area contributed by atoms with Gasteiger partial charge in [-0.1, -0.05) is 48.0 Å². The Morgan fingerprint density at radius 1 is 1.18 bits per heavy atom. The molecule has 3 amide bonds. The third-order valence-corrected chi connectivity index (χ3v) is 5.40. The summed E-state index contributed by atoms with van der Waals surface area (Å²) in [5.74, 6) is -1.01. The average molecular weight is 501 g/mol. The molecule has 0 bridgehead atoms. The number of carbonyl (C=O) groups excluding carboxylic acids is 2. The predicted octanol–water partition coefficient (Wildman–Crippen LogP) is 4.56. The standard InChI is InChI=1S/C22H21ClF4N4O3/c1-14(32)31(28-13-16-6-4-8-18(24)19(16)23)11-12-34-29-21(33)30-10-9-15-5-2-3-7-17(15)20(30)22(25,26)27/h2-10,20,28H,11-13H2,1H3,(H,29,33). The molecule has 182 valence electrons. The maximum Gasteiger partial charge on any atom is 0.413 e. The number of alkyl halides is 3. The van der Waals surface area contributed by atoms with Crippen LogP contribution in [0.25, 0.3) is 6.08 Å². The highest BCUT2D eigenvalue weighted by atomic mass is 35.5. The summed E-state index contributed by atoms with van der Waals surface area (Å²) in [4.78, 5) is 29.8. The SMILES string of the molecule is CC(=O)N(CCONC(=O)N1C=Cc2ccccc2C1C(F)(F)F)NCc1cccc(F)c1Cl. The molecule has 0 radical (unpaired) electrons. The number of fused-ring (bicyclic) bond motifs is 1. The number of hydrogen-bond acceptors (Lipinski definition) is 4. The summed E-state index contributed by atoms with van der Waals surface area (Å²) in [5.41, 5.74) is 5.44. The fraction of sp³-hybridized carbons (Fsp3) is 0.273. The number of hydrazine groups is 1. The fourth-order valence-electron chi connectivity index (χ4n) is 3.34. The van der Waals surface area contributed by atoms with Crippen LogP contribution in [0, 0.1) is 5.82 Å². The zero-order valence-electron chi connectivity index (χ0n) is 17.9. The van der Waals surface area contributed by atoms with E-state index in [9.17, 15) is 27.2 Å². The van der Waals surface area contributed by atoms with Crippen LogP contribution in [0.4, 0.5) is 22.4 Å². The molecule has 1 unspecified atom stereocenters. The summed E-state index contributed by atoms with van der Waals surface area (Å²) in [6.45, 7) is 1.00. The number of carbonyl (C=O) groups is 2. The number of rotatable bonds is 7. The van der Waals surface area contributed by atoms with Crippen molar-refractivity contribution in [3.63, 3.8) is 0 Å². The Balaban J connectivity index is 1.55. The van der Waals surface area contributed by atoms with Gasteiger partial charge < -0.3 is 0 Å². The molecule has 34 heavy (non-hydrogen) atoms. The molecular formula is C22H21ClF4N4O3. The Morgan fingerprint density at radius 2 is 1.91 bits per heavy atom. The largest absolute Gasteiger partial charge is 0.413 e. The molecule has 0 aliphatic carbocycles. The van der Waals surface area contributed by atoms with Gasteiger partial charge in [0.25, 0.3) is 0 Å². The van der Waals surface area contributed by atoms with Gasteiger partial charge in [0, 0.05) is 19.7 Å². The number of hydroxylamine groups is 1. The van der Waals surface area contributed by atoms with Crippen LogP contribution in [-0.4, -0.2) is 41.2 Å². The molecule has 0 saturated carbocycles. The number of amides is 3. The van der Waals surface area contributed by atoms with Crippen LogP contribution in [-0.2, 0) is 16.2 Å². The van der Waals surface area contributed by atoms with Crippen LogP contribution in [0.3, 0.4) is 0 Å². The highest BCUT2D eigenvalue weighted by Gasteiger charge is 2.48. The van der Waals surface area contributed by atoms with Crippen molar-refractivity contribution in [1.29, 1.82) is 0 Å². The van der Waals surface area contributed by atoms with E-state index < -0.39 is 30.0 Å². The van der Waals surface area contributed by atoms with Crippen molar-refractivity contribution in [2.24, 2.45) is 0 Å². The predicted molar refractivity (Wildman–Crippen MR) is 116 cm³/mol. The van der Waals surface area contributed by atoms with Crippen molar-refractivity contribution in [3.05, 3.63) is 76.2 Å². The van der Waals surface area contributed by atoms with Crippen LogP contribution < -0.4 is 10.9 Å². The molecule has 0 aromatic heterocycles. The van der Waals surface area contributed by atoms with Crippen LogP contribution in [0.1, 0.15) is 29.7 Å². The zero-order chi connectivity index (χ0) is 24.9. The monoisotopic (exact) mass is 500 g/mol. The number of nitrogens with one attached hydrogen (secondary N) is 2. The number of hydrogen-bond donors (Lipinski definition) is 2. The second kappa shape index (κ2) is 10.9. The molecule has 0 spiro atoms. The molecule has 1 aliphatic rings. The van der Waals surface area contributed by atoms with Gasteiger partial charge in [-0.3, -0.25) is 19.5 Å². The van der Waals surface area contributed by atoms with Crippen molar-refractivity contribution >= 4 is 29.6 Å². The van der Waals surface area contributed by atoms with Crippen molar-refractivity contribution < 1.29 is 32.0 Å². The maximum absolute atomic E-state index is 13.7. The van der Waals surface area contributed by atoms with E-state index in [2.05, 4.69) is 5.43 Å².